The Morgan fingerprint density at radius 1 is 1.33 bits per heavy atom. The van der Waals surface area contributed by atoms with Crippen LogP contribution in [0.3, 0.4) is 0 Å². The zero-order valence-electron chi connectivity index (χ0n) is 14.4. The molecule has 0 saturated carbocycles. The van der Waals surface area contributed by atoms with Gasteiger partial charge in [-0.1, -0.05) is 37.6 Å². The maximum atomic E-state index is 11.4. The molecular weight excluding hydrogens is 318 g/mol. The van der Waals surface area contributed by atoms with Crippen LogP contribution in [0.25, 0.3) is 6.08 Å². The van der Waals surface area contributed by atoms with E-state index in [0.29, 0.717) is 10.8 Å². The number of carboxylic acids is 1. The number of fused-ring (bicyclic) bond motifs is 1. The number of unbranched alkanes of at least 4 members (excludes halogenated alkanes) is 1. The van der Waals surface area contributed by atoms with Gasteiger partial charge in [0.2, 0.25) is 0 Å². The normalized spacial score (nSPS) is 21.6. The van der Waals surface area contributed by atoms with Crippen LogP contribution in [-0.4, -0.2) is 40.9 Å². The highest BCUT2D eigenvalue weighted by Gasteiger charge is 2.25. The second kappa shape index (κ2) is 8.21. The summed E-state index contributed by atoms with van der Waals surface area (Å²) in [5.74, 6) is -0.0544. The molecule has 1 aromatic carbocycles. The van der Waals surface area contributed by atoms with Crippen molar-refractivity contribution in [1.29, 1.82) is 0 Å². The monoisotopic (exact) mass is 345 g/mol. The van der Waals surface area contributed by atoms with Crippen LogP contribution >= 0.6 is 11.8 Å². The van der Waals surface area contributed by atoms with Crippen LogP contribution in [-0.2, 0) is 0 Å². The second-order valence-corrected chi connectivity index (χ2v) is 8.17. The van der Waals surface area contributed by atoms with E-state index in [1.54, 1.807) is 17.8 Å². The van der Waals surface area contributed by atoms with Crippen molar-refractivity contribution in [3.05, 3.63) is 35.4 Å². The molecule has 1 saturated heterocycles. The summed E-state index contributed by atoms with van der Waals surface area (Å²) in [6, 6.07) is 5.56. The predicted molar refractivity (Wildman–Crippen MR) is 101 cm³/mol. The van der Waals surface area contributed by atoms with Crippen LogP contribution in [0.2, 0.25) is 0 Å². The van der Waals surface area contributed by atoms with E-state index < -0.39 is 5.97 Å². The summed E-state index contributed by atoms with van der Waals surface area (Å²) in [6.07, 6.45) is 10.7. The van der Waals surface area contributed by atoms with Crippen molar-refractivity contribution in [3.8, 4) is 0 Å². The zero-order valence-corrected chi connectivity index (χ0v) is 15.2. The maximum Gasteiger partial charge on any atom is 0.336 e. The average Bonchev–Trinajstić information content (AvgIpc) is 2.60. The topological polar surface area (TPSA) is 40.5 Å². The van der Waals surface area contributed by atoms with Gasteiger partial charge in [-0.25, -0.2) is 4.79 Å². The van der Waals surface area contributed by atoms with Gasteiger partial charge < -0.3 is 10.0 Å². The molecule has 0 aliphatic carbocycles. The lowest BCUT2D eigenvalue weighted by Gasteiger charge is -2.33. The number of hydrogen-bond acceptors (Lipinski definition) is 3. The standard InChI is InChI=1S/C20H27NO2S/c1-2-3-11-21-12-9-15(10-13-21)14-17-8-7-16-5-4-6-18(20(22)23)19(16)24-17/h4-8,15,17H,2-3,9-14H2,1H3,(H,22,23). The van der Waals surface area contributed by atoms with Gasteiger partial charge in [0, 0.05) is 10.1 Å². The van der Waals surface area contributed by atoms with Crippen LogP contribution in [0.15, 0.2) is 29.2 Å². The number of aromatic carboxylic acids is 1. The molecule has 0 aromatic heterocycles. The first-order valence-electron chi connectivity index (χ1n) is 9.11. The summed E-state index contributed by atoms with van der Waals surface area (Å²) in [4.78, 5) is 15.0. The van der Waals surface area contributed by atoms with E-state index in [2.05, 4.69) is 24.0 Å². The highest BCUT2D eigenvalue weighted by Crippen LogP contribution is 2.39. The molecule has 1 atom stereocenters. The van der Waals surface area contributed by atoms with Crippen molar-refractivity contribution in [2.24, 2.45) is 5.92 Å². The third-order valence-corrected chi connectivity index (χ3v) is 6.48. The number of rotatable bonds is 6. The highest BCUT2D eigenvalue weighted by atomic mass is 32.2. The fourth-order valence-corrected chi connectivity index (χ4v) is 5.05. The van der Waals surface area contributed by atoms with Crippen molar-refractivity contribution >= 4 is 23.8 Å². The third-order valence-electron chi connectivity index (χ3n) is 5.14. The number of likely N-dealkylation sites (tertiary alicyclic amines) is 1. The molecule has 0 amide bonds. The number of nitrogens with zero attached hydrogens (tertiary/aromatic N) is 1. The van der Waals surface area contributed by atoms with Gasteiger partial charge in [0.1, 0.15) is 0 Å². The quantitative estimate of drug-likeness (QED) is 0.806. The Morgan fingerprint density at radius 3 is 2.83 bits per heavy atom. The molecule has 130 valence electrons. The summed E-state index contributed by atoms with van der Waals surface area (Å²) in [7, 11) is 0. The number of thioether (sulfide) groups is 1. The predicted octanol–water partition coefficient (Wildman–Crippen LogP) is 4.77. The van der Waals surface area contributed by atoms with Crippen molar-refractivity contribution in [3.63, 3.8) is 0 Å². The van der Waals surface area contributed by atoms with Gasteiger partial charge >= 0.3 is 5.97 Å². The van der Waals surface area contributed by atoms with E-state index >= 15 is 0 Å². The number of carboxylic acid groups (broad SMARTS) is 1. The van der Waals surface area contributed by atoms with E-state index in [4.69, 9.17) is 0 Å². The molecule has 0 bridgehead atoms. The fourth-order valence-electron chi connectivity index (χ4n) is 3.67. The van der Waals surface area contributed by atoms with Gasteiger partial charge in [0.05, 0.1) is 5.56 Å². The van der Waals surface area contributed by atoms with Crippen molar-refractivity contribution in [2.75, 3.05) is 19.6 Å². The van der Waals surface area contributed by atoms with Crippen LogP contribution in [0.4, 0.5) is 0 Å². The molecule has 1 N–H and O–H groups in total. The van der Waals surface area contributed by atoms with Crippen LogP contribution in [0, 0.1) is 5.92 Å². The van der Waals surface area contributed by atoms with Crippen LogP contribution < -0.4 is 0 Å². The summed E-state index contributed by atoms with van der Waals surface area (Å²) in [6.45, 7) is 5.95. The molecule has 4 heteroatoms. The van der Waals surface area contributed by atoms with E-state index in [-0.39, 0.29) is 0 Å². The average molecular weight is 346 g/mol. The van der Waals surface area contributed by atoms with E-state index in [0.717, 1.165) is 22.8 Å². The number of piperidine rings is 1. The molecule has 2 heterocycles. The molecule has 0 radical (unpaired) electrons. The maximum absolute atomic E-state index is 11.4. The SMILES string of the molecule is CCCCN1CCC(CC2C=Cc3cccc(C(=O)O)c3S2)CC1. The van der Waals surface area contributed by atoms with Gasteiger partial charge in [-0.05, 0) is 62.9 Å². The zero-order chi connectivity index (χ0) is 16.9. The van der Waals surface area contributed by atoms with E-state index in [9.17, 15) is 9.90 Å². The summed E-state index contributed by atoms with van der Waals surface area (Å²) < 4.78 is 0. The molecular formula is C20H27NO2S. The Labute approximate surface area is 149 Å². The van der Waals surface area contributed by atoms with Gasteiger partial charge in [0.15, 0.2) is 0 Å². The molecule has 2 aliphatic rings. The molecule has 3 rings (SSSR count). The summed E-state index contributed by atoms with van der Waals surface area (Å²) >= 11 is 1.74. The minimum Gasteiger partial charge on any atom is -0.478 e. The highest BCUT2D eigenvalue weighted by molar-refractivity contribution is 8.00. The molecule has 0 spiro atoms. The fraction of sp³-hybridized carbons (Fsp3) is 0.550. The smallest absolute Gasteiger partial charge is 0.336 e. The summed E-state index contributed by atoms with van der Waals surface area (Å²) in [5, 5.41) is 9.81. The Hall–Kier alpha value is -1.26. The van der Waals surface area contributed by atoms with Gasteiger partial charge in [-0.15, -0.1) is 11.8 Å². The molecule has 3 nitrogen and oxygen atoms in total. The first-order valence-corrected chi connectivity index (χ1v) is 9.99. The summed E-state index contributed by atoms with van der Waals surface area (Å²) in [5.41, 5.74) is 1.49. The Kier molecular flexibility index (Phi) is 6.01. The minimum atomic E-state index is -0.822. The third kappa shape index (κ3) is 4.22. The van der Waals surface area contributed by atoms with E-state index in [1.807, 2.05) is 12.1 Å². The lowest BCUT2D eigenvalue weighted by Crippen LogP contribution is -2.35. The molecule has 1 fully saturated rings. The molecule has 1 unspecified atom stereocenters. The number of hydrogen-bond donors (Lipinski definition) is 1. The van der Waals surface area contributed by atoms with Crippen molar-refractivity contribution < 1.29 is 9.90 Å². The first-order chi connectivity index (χ1) is 11.7. The largest absolute Gasteiger partial charge is 0.478 e. The Balaban J connectivity index is 1.57. The van der Waals surface area contributed by atoms with E-state index in [1.165, 1.54) is 45.3 Å². The second-order valence-electron chi connectivity index (χ2n) is 6.92. The van der Waals surface area contributed by atoms with Crippen molar-refractivity contribution in [2.45, 2.75) is 49.2 Å². The van der Waals surface area contributed by atoms with Crippen molar-refractivity contribution in [1.82, 2.24) is 4.90 Å². The van der Waals surface area contributed by atoms with Crippen LogP contribution in [0.5, 0.6) is 0 Å². The molecule has 2 aliphatic heterocycles. The lowest BCUT2D eigenvalue weighted by molar-refractivity contribution is 0.0693. The minimum absolute atomic E-state index is 0.408. The van der Waals surface area contributed by atoms with Crippen LogP contribution in [0.1, 0.15) is 54.9 Å². The molecule has 1 aromatic rings. The number of benzene rings is 1. The Morgan fingerprint density at radius 2 is 2.12 bits per heavy atom. The van der Waals surface area contributed by atoms with Gasteiger partial charge in [0.25, 0.3) is 0 Å². The molecule has 24 heavy (non-hydrogen) atoms. The first kappa shape index (κ1) is 17.6. The Bertz CT molecular complexity index is 606. The number of carbonyl (C=O) groups is 1. The van der Waals surface area contributed by atoms with Gasteiger partial charge in [-0.2, -0.15) is 0 Å². The lowest BCUT2D eigenvalue weighted by atomic mass is 9.91. The van der Waals surface area contributed by atoms with Gasteiger partial charge in [-0.3, -0.25) is 0 Å².